The van der Waals surface area contributed by atoms with Crippen molar-refractivity contribution in [2.75, 3.05) is 6.61 Å². The summed E-state index contributed by atoms with van der Waals surface area (Å²) in [5.74, 6) is 5.97. The van der Waals surface area contributed by atoms with E-state index in [0.29, 0.717) is 12.0 Å². The Hall–Kier alpha value is -3.81. The van der Waals surface area contributed by atoms with Gasteiger partial charge in [0.1, 0.15) is 0 Å². The molecule has 0 aliphatic heterocycles. The van der Waals surface area contributed by atoms with Crippen LogP contribution in [0.1, 0.15) is 27.0 Å². The maximum Gasteiger partial charge on any atom is 0.251 e. The molecule has 4 nitrogen and oxygen atoms in total. The number of aromatic amines is 1. The van der Waals surface area contributed by atoms with Gasteiger partial charge in [-0.2, -0.15) is 0 Å². The Labute approximate surface area is 175 Å². The van der Waals surface area contributed by atoms with Crippen LogP contribution in [0.2, 0.25) is 0 Å². The number of aliphatic hydroxyl groups excluding tert-OH is 1. The van der Waals surface area contributed by atoms with Crippen LogP contribution in [0, 0.1) is 11.8 Å². The van der Waals surface area contributed by atoms with Gasteiger partial charge in [0, 0.05) is 33.8 Å². The number of para-hydroxylation sites is 1. The molecule has 4 heteroatoms. The van der Waals surface area contributed by atoms with E-state index in [4.69, 9.17) is 0 Å². The van der Waals surface area contributed by atoms with Crippen LogP contribution in [0.15, 0.2) is 85.1 Å². The van der Waals surface area contributed by atoms with Crippen molar-refractivity contribution in [2.24, 2.45) is 0 Å². The number of fused-ring (bicyclic) bond motifs is 1. The van der Waals surface area contributed by atoms with Gasteiger partial charge in [0.2, 0.25) is 0 Å². The zero-order valence-electron chi connectivity index (χ0n) is 16.4. The van der Waals surface area contributed by atoms with Gasteiger partial charge >= 0.3 is 0 Å². The largest absolute Gasteiger partial charge is 0.394 e. The van der Waals surface area contributed by atoms with Crippen LogP contribution in [0.4, 0.5) is 0 Å². The second-order valence-electron chi connectivity index (χ2n) is 7.11. The lowest BCUT2D eigenvalue weighted by molar-refractivity contribution is 0.0916. The van der Waals surface area contributed by atoms with Gasteiger partial charge in [-0.25, -0.2) is 0 Å². The van der Waals surface area contributed by atoms with E-state index in [1.807, 2.05) is 72.9 Å². The van der Waals surface area contributed by atoms with Gasteiger partial charge in [0.25, 0.3) is 5.91 Å². The summed E-state index contributed by atoms with van der Waals surface area (Å²) in [5, 5.41) is 13.8. The highest BCUT2D eigenvalue weighted by Crippen LogP contribution is 2.19. The molecule has 0 saturated heterocycles. The summed E-state index contributed by atoms with van der Waals surface area (Å²) in [6.07, 6.45) is 2.47. The van der Waals surface area contributed by atoms with E-state index < -0.39 is 0 Å². The molecule has 3 N–H and O–H groups in total. The van der Waals surface area contributed by atoms with E-state index in [2.05, 4.69) is 22.1 Å². The highest BCUT2D eigenvalue weighted by atomic mass is 16.3. The molecular formula is C26H22N2O2. The first-order valence-electron chi connectivity index (χ1n) is 9.87. The van der Waals surface area contributed by atoms with E-state index in [-0.39, 0.29) is 18.6 Å². The van der Waals surface area contributed by atoms with Gasteiger partial charge in [0.05, 0.1) is 12.6 Å². The summed E-state index contributed by atoms with van der Waals surface area (Å²) in [5.41, 5.74) is 4.31. The fourth-order valence-corrected chi connectivity index (χ4v) is 3.40. The minimum absolute atomic E-state index is 0.140. The van der Waals surface area contributed by atoms with Crippen molar-refractivity contribution >= 4 is 16.8 Å². The van der Waals surface area contributed by atoms with Crippen LogP contribution in [0.3, 0.4) is 0 Å². The number of hydrogen-bond acceptors (Lipinski definition) is 2. The Morgan fingerprint density at radius 1 is 0.933 bits per heavy atom. The third-order valence-corrected chi connectivity index (χ3v) is 4.95. The van der Waals surface area contributed by atoms with Crippen LogP contribution in [-0.4, -0.2) is 28.6 Å². The molecule has 0 aliphatic carbocycles. The molecule has 148 valence electrons. The third-order valence-electron chi connectivity index (χ3n) is 4.95. The molecule has 0 fully saturated rings. The first-order chi connectivity index (χ1) is 14.7. The zero-order valence-corrected chi connectivity index (χ0v) is 16.4. The average molecular weight is 394 g/mol. The number of amides is 1. The number of aliphatic hydroxyl groups is 1. The first-order valence-corrected chi connectivity index (χ1v) is 9.87. The second-order valence-corrected chi connectivity index (χ2v) is 7.11. The Morgan fingerprint density at radius 3 is 2.50 bits per heavy atom. The molecule has 0 radical (unpaired) electrons. The Bertz CT molecular complexity index is 1220. The minimum Gasteiger partial charge on any atom is -0.394 e. The van der Waals surface area contributed by atoms with Crippen LogP contribution < -0.4 is 5.32 Å². The quantitative estimate of drug-likeness (QED) is 0.450. The number of nitrogens with one attached hydrogen (secondary N) is 2. The smallest absolute Gasteiger partial charge is 0.251 e. The maximum atomic E-state index is 12.8. The fourth-order valence-electron chi connectivity index (χ4n) is 3.40. The number of rotatable bonds is 5. The minimum atomic E-state index is -0.379. The summed E-state index contributed by atoms with van der Waals surface area (Å²) in [6.45, 7) is -0.140. The first kappa shape index (κ1) is 19.5. The number of H-pyrrole nitrogens is 1. The summed E-state index contributed by atoms with van der Waals surface area (Å²) < 4.78 is 0. The molecule has 1 amide bonds. The average Bonchev–Trinajstić information content (AvgIpc) is 3.21. The molecule has 0 bridgehead atoms. The van der Waals surface area contributed by atoms with Gasteiger partial charge in [-0.3, -0.25) is 4.79 Å². The summed E-state index contributed by atoms with van der Waals surface area (Å²) in [7, 11) is 0. The van der Waals surface area contributed by atoms with Crippen molar-refractivity contribution in [3.63, 3.8) is 0 Å². The third kappa shape index (κ3) is 4.60. The molecule has 1 atom stereocenters. The lowest BCUT2D eigenvalue weighted by Crippen LogP contribution is -2.39. The second kappa shape index (κ2) is 9.13. The van der Waals surface area contributed by atoms with Crippen molar-refractivity contribution < 1.29 is 9.90 Å². The van der Waals surface area contributed by atoms with Gasteiger partial charge in [0.15, 0.2) is 0 Å². The molecule has 1 heterocycles. The van der Waals surface area contributed by atoms with Crippen molar-refractivity contribution in [1.29, 1.82) is 0 Å². The molecule has 0 saturated carbocycles. The summed E-state index contributed by atoms with van der Waals surface area (Å²) >= 11 is 0. The lowest BCUT2D eigenvalue weighted by atomic mass is 10.0. The monoisotopic (exact) mass is 394 g/mol. The van der Waals surface area contributed by atoms with E-state index >= 15 is 0 Å². The number of carbonyl (C=O) groups excluding carboxylic acids is 1. The molecule has 0 spiro atoms. The van der Waals surface area contributed by atoms with E-state index in [0.717, 1.165) is 27.6 Å². The molecule has 1 unspecified atom stereocenters. The Morgan fingerprint density at radius 2 is 1.67 bits per heavy atom. The van der Waals surface area contributed by atoms with Crippen molar-refractivity contribution in [2.45, 2.75) is 12.5 Å². The number of aromatic nitrogens is 1. The van der Waals surface area contributed by atoms with Crippen LogP contribution >= 0.6 is 0 Å². The number of benzene rings is 3. The fraction of sp³-hybridized carbons (Fsp3) is 0.115. The molecule has 3 aromatic carbocycles. The topological polar surface area (TPSA) is 65.1 Å². The molecule has 0 aliphatic rings. The maximum absolute atomic E-state index is 12.8. The Kier molecular flexibility index (Phi) is 5.93. The van der Waals surface area contributed by atoms with Gasteiger partial charge in [-0.1, -0.05) is 54.3 Å². The SMILES string of the molecule is O=C(NC(CO)Cc1c[nH]c2ccccc12)c1cccc(C#Cc2ccccc2)c1. The Balaban J connectivity index is 1.46. The molecular weight excluding hydrogens is 372 g/mol. The molecule has 30 heavy (non-hydrogen) atoms. The summed E-state index contributed by atoms with van der Waals surface area (Å²) in [6, 6.07) is 24.6. The highest BCUT2D eigenvalue weighted by molar-refractivity contribution is 5.94. The van der Waals surface area contributed by atoms with Crippen molar-refractivity contribution in [3.05, 3.63) is 107 Å². The van der Waals surface area contributed by atoms with E-state index in [9.17, 15) is 9.90 Å². The van der Waals surface area contributed by atoms with Gasteiger partial charge in [-0.15, -0.1) is 0 Å². The molecule has 1 aromatic heterocycles. The molecule has 4 aromatic rings. The van der Waals surface area contributed by atoms with Gasteiger partial charge < -0.3 is 15.4 Å². The van der Waals surface area contributed by atoms with Crippen LogP contribution in [0.5, 0.6) is 0 Å². The predicted octanol–water partition coefficient (Wildman–Crippen LogP) is 3.90. The lowest BCUT2D eigenvalue weighted by Gasteiger charge is -2.16. The van der Waals surface area contributed by atoms with Crippen LogP contribution in [-0.2, 0) is 6.42 Å². The van der Waals surface area contributed by atoms with E-state index in [1.165, 1.54) is 0 Å². The predicted molar refractivity (Wildman–Crippen MR) is 119 cm³/mol. The standard InChI is InChI=1S/C26H22N2O2/c29-18-23(16-22-17-27-25-12-5-4-11-24(22)25)28-26(30)21-10-6-9-20(15-21)14-13-19-7-2-1-3-8-19/h1-12,15,17,23,27,29H,16,18H2,(H,28,30). The molecule has 4 rings (SSSR count). The highest BCUT2D eigenvalue weighted by Gasteiger charge is 2.16. The number of hydrogen-bond donors (Lipinski definition) is 3. The number of carbonyl (C=O) groups is 1. The van der Waals surface area contributed by atoms with Gasteiger partial charge in [-0.05, 0) is 48.4 Å². The van der Waals surface area contributed by atoms with Crippen molar-refractivity contribution in [1.82, 2.24) is 10.3 Å². The summed E-state index contributed by atoms with van der Waals surface area (Å²) in [4.78, 5) is 16.0. The van der Waals surface area contributed by atoms with Crippen molar-refractivity contribution in [3.8, 4) is 11.8 Å². The van der Waals surface area contributed by atoms with Crippen LogP contribution in [0.25, 0.3) is 10.9 Å². The normalized spacial score (nSPS) is 11.5. The van der Waals surface area contributed by atoms with E-state index in [1.54, 1.807) is 12.1 Å². The zero-order chi connectivity index (χ0) is 20.8.